The Morgan fingerprint density at radius 1 is 1.28 bits per heavy atom. The van der Waals surface area contributed by atoms with Crippen LogP contribution in [0.2, 0.25) is 0 Å². The number of nitrogens with one attached hydrogen (secondary N) is 1. The average Bonchev–Trinajstić information content (AvgIpc) is 3.08. The number of halogens is 1. The molecule has 25 heavy (non-hydrogen) atoms. The second-order valence-corrected chi connectivity index (χ2v) is 7.87. The number of methoxy groups -OCH3 is 1. The first kappa shape index (κ1) is 17.8. The molecular formula is C18H20FNO4S. The lowest BCUT2D eigenvalue weighted by atomic mass is 9.95. The first-order valence-corrected chi connectivity index (χ1v) is 9.39. The van der Waals surface area contributed by atoms with Crippen molar-refractivity contribution >= 4 is 10.0 Å². The van der Waals surface area contributed by atoms with Crippen molar-refractivity contribution in [1.29, 1.82) is 0 Å². The Morgan fingerprint density at radius 2 is 2.04 bits per heavy atom. The third-order valence-electron chi connectivity index (χ3n) is 4.46. The number of hydrogen-bond donors (Lipinski definition) is 1. The minimum absolute atomic E-state index is 0.0969. The van der Waals surface area contributed by atoms with Crippen LogP contribution in [0.15, 0.2) is 47.4 Å². The van der Waals surface area contributed by atoms with Crippen molar-refractivity contribution in [3.63, 3.8) is 0 Å². The summed E-state index contributed by atoms with van der Waals surface area (Å²) in [7, 11) is -2.33. The Balaban J connectivity index is 1.82. The number of benzene rings is 2. The largest absolute Gasteiger partial charge is 0.493 e. The molecule has 134 valence electrons. The quantitative estimate of drug-likeness (QED) is 0.855. The van der Waals surface area contributed by atoms with Gasteiger partial charge in [-0.05, 0) is 36.8 Å². The van der Waals surface area contributed by atoms with Crippen molar-refractivity contribution in [2.45, 2.75) is 23.8 Å². The zero-order valence-electron chi connectivity index (χ0n) is 14.1. The van der Waals surface area contributed by atoms with Crippen LogP contribution in [0.1, 0.15) is 18.1 Å². The molecule has 0 radical (unpaired) electrons. The van der Waals surface area contributed by atoms with Crippen molar-refractivity contribution in [2.75, 3.05) is 20.3 Å². The predicted octanol–water partition coefficient (Wildman–Crippen LogP) is 2.60. The fourth-order valence-corrected chi connectivity index (χ4v) is 3.99. The van der Waals surface area contributed by atoms with Gasteiger partial charge in [0.1, 0.15) is 17.2 Å². The van der Waals surface area contributed by atoms with E-state index in [2.05, 4.69) is 4.72 Å². The molecule has 0 aliphatic carbocycles. The van der Waals surface area contributed by atoms with Gasteiger partial charge in [0.15, 0.2) is 0 Å². The van der Waals surface area contributed by atoms with Crippen molar-refractivity contribution in [3.05, 3.63) is 59.4 Å². The maximum Gasteiger partial charge on any atom is 0.240 e. The van der Waals surface area contributed by atoms with Gasteiger partial charge >= 0.3 is 0 Å². The molecule has 0 bridgehead atoms. The topological polar surface area (TPSA) is 64.6 Å². The number of sulfonamides is 1. The fourth-order valence-electron chi connectivity index (χ4n) is 2.81. The molecule has 0 amide bonds. The zero-order valence-corrected chi connectivity index (χ0v) is 14.9. The smallest absolute Gasteiger partial charge is 0.240 e. The van der Waals surface area contributed by atoms with Crippen molar-refractivity contribution in [3.8, 4) is 5.75 Å². The van der Waals surface area contributed by atoms with Crippen LogP contribution in [-0.2, 0) is 26.8 Å². The van der Waals surface area contributed by atoms with E-state index in [0.717, 1.165) is 5.56 Å². The molecule has 3 rings (SSSR count). The lowest BCUT2D eigenvalue weighted by Crippen LogP contribution is -2.40. The summed E-state index contributed by atoms with van der Waals surface area (Å²) < 4.78 is 52.7. The lowest BCUT2D eigenvalue weighted by Gasteiger charge is -2.29. The maximum absolute atomic E-state index is 14.1. The Morgan fingerprint density at radius 3 is 2.76 bits per heavy atom. The maximum atomic E-state index is 14.1. The van der Waals surface area contributed by atoms with Gasteiger partial charge in [-0.15, -0.1) is 0 Å². The zero-order chi connectivity index (χ0) is 18.1. The van der Waals surface area contributed by atoms with Gasteiger partial charge in [0.05, 0.1) is 11.5 Å². The van der Waals surface area contributed by atoms with Crippen LogP contribution in [0, 0.1) is 5.82 Å². The Hall–Kier alpha value is -1.96. The van der Waals surface area contributed by atoms with Gasteiger partial charge in [0.25, 0.3) is 0 Å². The van der Waals surface area contributed by atoms with E-state index in [9.17, 15) is 12.8 Å². The van der Waals surface area contributed by atoms with E-state index in [0.29, 0.717) is 24.3 Å². The molecule has 1 aliphatic rings. The normalized spacial score (nSPS) is 16.1. The molecule has 1 unspecified atom stereocenters. The van der Waals surface area contributed by atoms with Crippen LogP contribution >= 0.6 is 0 Å². The van der Waals surface area contributed by atoms with Crippen LogP contribution in [-0.4, -0.2) is 28.7 Å². The summed E-state index contributed by atoms with van der Waals surface area (Å²) in [5, 5.41) is 0. The van der Waals surface area contributed by atoms with E-state index in [1.807, 2.05) is 0 Å². The van der Waals surface area contributed by atoms with Crippen LogP contribution in [0.25, 0.3) is 0 Å². The summed E-state index contributed by atoms with van der Waals surface area (Å²) in [6.45, 7) is 2.10. The lowest BCUT2D eigenvalue weighted by molar-refractivity contribution is 0.00410. The number of hydrogen-bond acceptors (Lipinski definition) is 4. The minimum Gasteiger partial charge on any atom is -0.493 e. The molecule has 2 aromatic carbocycles. The van der Waals surface area contributed by atoms with E-state index in [-0.39, 0.29) is 11.4 Å². The van der Waals surface area contributed by atoms with Gasteiger partial charge in [-0.1, -0.05) is 18.2 Å². The van der Waals surface area contributed by atoms with Crippen LogP contribution in [0.4, 0.5) is 4.39 Å². The van der Waals surface area contributed by atoms with E-state index in [1.54, 1.807) is 37.3 Å². The summed E-state index contributed by atoms with van der Waals surface area (Å²) in [6.07, 6.45) is 0.684. The Bertz CT molecular complexity index is 884. The van der Waals surface area contributed by atoms with Gasteiger partial charge in [-0.3, -0.25) is 0 Å². The monoisotopic (exact) mass is 365 g/mol. The summed E-state index contributed by atoms with van der Waals surface area (Å²) in [4.78, 5) is 0.156. The molecule has 0 fully saturated rings. The van der Waals surface area contributed by atoms with Crippen molar-refractivity contribution in [1.82, 2.24) is 4.72 Å². The first-order chi connectivity index (χ1) is 11.9. The third kappa shape index (κ3) is 3.53. The summed E-state index contributed by atoms with van der Waals surface area (Å²) in [6, 6.07) is 10.9. The predicted molar refractivity (Wildman–Crippen MR) is 91.6 cm³/mol. The highest BCUT2D eigenvalue weighted by Gasteiger charge is 2.31. The molecule has 0 aromatic heterocycles. The second kappa shape index (κ2) is 6.74. The van der Waals surface area contributed by atoms with Crippen LogP contribution in [0.5, 0.6) is 5.75 Å². The summed E-state index contributed by atoms with van der Waals surface area (Å²) in [5.41, 5.74) is 0.0344. The highest BCUT2D eigenvalue weighted by Crippen LogP contribution is 2.29. The van der Waals surface area contributed by atoms with E-state index < -0.39 is 21.4 Å². The minimum atomic E-state index is -3.75. The summed E-state index contributed by atoms with van der Waals surface area (Å²) in [5.74, 6) is 0.271. The number of rotatable bonds is 6. The number of ether oxygens (including phenoxy) is 2. The van der Waals surface area contributed by atoms with E-state index in [1.165, 1.54) is 19.2 Å². The molecule has 1 aliphatic heterocycles. The highest BCUT2D eigenvalue weighted by atomic mass is 32.2. The van der Waals surface area contributed by atoms with E-state index in [4.69, 9.17) is 9.47 Å². The van der Waals surface area contributed by atoms with Gasteiger partial charge in [0, 0.05) is 25.6 Å². The first-order valence-electron chi connectivity index (χ1n) is 7.91. The Kier molecular flexibility index (Phi) is 4.81. The standard InChI is InChI=1S/C18H20FNO4S/c1-18(23-2,15-5-3-4-6-16(15)19)12-20-25(21,22)14-7-8-17-13(11-14)9-10-24-17/h3-8,11,20H,9-10,12H2,1-2H3. The molecular weight excluding hydrogens is 345 g/mol. The summed E-state index contributed by atoms with van der Waals surface area (Å²) >= 11 is 0. The number of fused-ring (bicyclic) bond motifs is 1. The van der Waals surface area contributed by atoms with E-state index >= 15 is 0 Å². The van der Waals surface area contributed by atoms with Crippen molar-refractivity contribution < 1.29 is 22.3 Å². The van der Waals surface area contributed by atoms with Crippen LogP contribution < -0.4 is 9.46 Å². The fraction of sp³-hybridized carbons (Fsp3) is 0.333. The van der Waals surface area contributed by atoms with Crippen LogP contribution in [0.3, 0.4) is 0 Å². The van der Waals surface area contributed by atoms with Crippen molar-refractivity contribution in [2.24, 2.45) is 0 Å². The molecule has 5 nitrogen and oxygen atoms in total. The molecule has 7 heteroatoms. The molecule has 0 saturated heterocycles. The average molecular weight is 365 g/mol. The van der Waals surface area contributed by atoms with Gasteiger partial charge in [-0.25, -0.2) is 17.5 Å². The van der Waals surface area contributed by atoms with Gasteiger partial charge in [0.2, 0.25) is 10.0 Å². The molecule has 1 N–H and O–H groups in total. The Labute approximate surface area is 146 Å². The molecule has 1 heterocycles. The molecule has 0 saturated carbocycles. The third-order valence-corrected chi connectivity index (χ3v) is 5.86. The van der Waals surface area contributed by atoms with Gasteiger partial charge < -0.3 is 9.47 Å². The SMILES string of the molecule is COC(C)(CNS(=O)(=O)c1ccc2c(c1)CCO2)c1ccccc1F. The highest BCUT2D eigenvalue weighted by molar-refractivity contribution is 7.89. The second-order valence-electron chi connectivity index (χ2n) is 6.11. The molecule has 0 spiro atoms. The molecule has 1 atom stereocenters. The van der Waals surface area contributed by atoms with Gasteiger partial charge in [-0.2, -0.15) is 0 Å². The molecule has 2 aromatic rings.